The Bertz CT molecular complexity index is 1160. The Hall–Kier alpha value is -3.26. The number of ether oxygens (including phenoxy) is 1. The number of amides is 1. The lowest BCUT2D eigenvalue weighted by Crippen LogP contribution is -2.37. The standard InChI is InChI=1S/C25H27N3O4S/c1-32-20-12-10-19(11-13-20)28-24(31)21(16-18-8-4-2-5-9-18)23(30)26-25(28)33-17-22(29)27-14-6-3-7-15-27/h2,4-5,8-13,30H,3,6-7,14-17H2,1H3. The smallest absolute Gasteiger partial charge is 0.266 e. The quantitative estimate of drug-likeness (QED) is 0.424. The fraction of sp³-hybridized carbons (Fsp3) is 0.320. The third kappa shape index (κ3) is 5.39. The van der Waals surface area contributed by atoms with Crippen molar-refractivity contribution < 1.29 is 14.6 Å². The number of benzene rings is 2. The second kappa shape index (κ2) is 10.6. The van der Waals surface area contributed by atoms with E-state index >= 15 is 0 Å². The van der Waals surface area contributed by atoms with Gasteiger partial charge in [0, 0.05) is 19.5 Å². The molecule has 8 heteroatoms. The number of piperidine rings is 1. The van der Waals surface area contributed by atoms with Gasteiger partial charge in [0.1, 0.15) is 5.75 Å². The highest BCUT2D eigenvalue weighted by atomic mass is 32.2. The van der Waals surface area contributed by atoms with Gasteiger partial charge in [0.15, 0.2) is 5.16 Å². The molecule has 0 aliphatic carbocycles. The zero-order valence-electron chi connectivity index (χ0n) is 18.6. The molecule has 0 spiro atoms. The van der Waals surface area contributed by atoms with E-state index < -0.39 is 0 Å². The van der Waals surface area contributed by atoms with E-state index in [-0.39, 0.29) is 40.2 Å². The summed E-state index contributed by atoms with van der Waals surface area (Å²) in [6.07, 6.45) is 3.43. The average Bonchev–Trinajstić information content (AvgIpc) is 2.86. The summed E-state index contributed by atoms with van der Waals surface area (Å²) in [5.74, 6) is 0.530. The van der Waals surface area contributed by atoms with Gasteiger partial charge in [0.05, 0.1) is 24.1 Å². The summed E-state index contributed by atoms with van der Waals surface area (Å²) < 4.78 is 6.70. The molecule has 7 nitrogen and oxygen atoms in total. The Kier molecular flexibility index (Phi) is 7.34. The van der Waals surface area contributed by atoms with Gasteiger partial charge in [-0.1, -0.05) is 42.1 Å². The summed E-state index contributed by atoms with van der Waals surface area (Å²) in [6, 6.07) is 16.5. The van der Waals surface area contributed by atoms with Crippen LogP contribution in [0.25, 0.3) is 5.69 Å². The van der Waals surface area contributed by atoms with E-state index in [0.29, 0.717) is 11.4 Å². The lowest BCUT2D eigenvalue weighted by molar-refractivity contribution is -0.129. The van der Waals surface area contributed by atoms with Crippen molar-refractivity contribution in [3.63, 3.8) is 0 Å². The third-order valence-corrected chi connectivity index (χ3v) is 6.64. The van der Waals surface area contributed by atoms with Gasteiger partial charge in [-0.25, -0.2) is 0 Å². The molecule has 0 bridgehead atoms. The normalized spacial score (nSPS) is 13.7. The van der Waals surface area contributed by atoms with E-state index in [0.717, 1.165) is 37.9 Å². The van der Waals surface area contributed by atoms with Crippen LogP contribution in [0, 0.1) is 0 Å². The molecule has 4 rings (SSSR count). The zero-order chi connectivity index (χ0) is 23.2. The Morgan fingerprint density at radius 2 is 1.76 bits per heavy atom. The maximum absolute atomic E-state index is 13.5. The first-order valence-electron chi connectivity index (χ1n) is 11.0. The first-order valence-corrected chi connectivity index (χ1v) is 12.0. The summed E-state index contributed by atoms with van der Waals surface area (Å²) in [4.78, 5) is 32.4. The maximum atomic E-state index is 13.5. The molecule has 33 heavy (non-hydrogen) atoms. The van der Waals surface area contributed by atoms with Crippen LogP contribution >= 0.6 is 11.8 Å². The van der Waals surface area contributed by atoms with Gasteiger partial charge >= 0.3 is 0 Å². The number of methoxy groups -OCH3 is 1. The number of nitrogens with zero attached hydrogens (tertiary/aromatic N) is 3. The number of likely N-dealkylation sites (tertiary alicyclic amines) is 1. The Labute approximate surface area is 197 Å². The largest absolute Gasteiger partial charge is 0.497 e. The van der Waals surface area contributed by atoms with Crippen LogP contribution in [0.5, 0.6) is 11.6 Å². The molecule has 0 atom stereocenters. The molecule has 3 aromatic rings. The van der Waals surface area contributed by atoms with Gasteiger partial charge in [0.25, 0.3) is 5.56 Å². The highest BCUT2D eigenvalue weighted by molar-refractivity contribution is 7.99. The van der Waals surface area contributed by atoms with Gasteiger partial charge < -0.3 is 14.7 Å². The Morgan fingerprint density at radius 3 is 2.42 bits per heavy atom. The van der Waals surface area contributed by atoms with Crippen LogP contribution in [0.15, 0.2) is 64.5 Å². The van der Waals surface area contributed by atoms with Crippen molar-refractivity contribution in [1.82, 2.24) is 14.5 Å². The fourth-order valence-corrected chi connectivity index (χ4v) is 4.80. The van der Waals surface area contributed by atoms with E-state index in [1.807, 2.05) is 35.2 Å². The van der Waals surface area contributed by atoms with Crippen LogP contribution in [0.1, 0.15) is 30.4 Å². The van der Waals surface area contributed by atoms with E-state index in [2.05, 4.69) is 4.98 Å². The SMILES string of the molecule is COc1ccc(-n2c(SCC(=O)N3CCCCC3)nc(O)c(Cc3ccccc3)c2=O)cc1. The number of aromatic hydroxyl groups is 1. The number of carbonyl (C=O) groups is 1. The number of hydrogen-bond donors (Lipinski definition) is 1. The van der Waals surface area contributed by atoms with Crippen LogP contribution in [0.4, 0.5) is 0 Å². The summed E-state index contributed by atoms with van der Waals surface area (Å²) in [5.41, 5.74) is 1.34. The van der Waals surface area contributed by atoms with Crippen molar-refractivity contribution >= 4 is 17.7 Å². The molecule has 1 aromatic heterocycles. The van der Waals surface area contributed by atoms with E-state index in [9.17, 15) is 14.7 Å². The molecule has 0 unspecified atom stereocenters. The monoisotopic (exact) mass is 465 g/mol. The lowest BCUT2D eigenvalue weighted by Gasteiger charge is -2.26. The predicted octanol–water partition coefficient (Wildman–Crippen LogP) is 3.64. The molecular formula is C25H27N3O4S. The highest BCUT2D eigenvalue weighted by Crippen LogP contribution is 2.25. The van der Waals surface area contributed by atoms with Gasteiger partial charge in [-0.3, -0.25) is 14.2 Å². The van der Waals surface area contributed by atoms with Crippen molar-refractivity contribution in [3.05, 3.63) is 76.1 Å². The van der Waals surface area contributed by atoms with Crippen molar-refractivity contribution in [3.8, 4) is 17.3 Å². The Balaban J connectivity index is 1.69. The first kappa shape index (κ1) is 22.9. The summed E-state index contributed by atoms with van der Waals surface area (Å²) in [6.45, 7) is 1.53. The molecule has 1 amide bonds. The van der Waals surface area contributed by atoms with Crippen molar-refractivity contribution in [2.24, 2.45) is 0 Å². The van der Waals surface area contributed by atoms with Crippen molar-refractivity contribution in [2.75, 3.05) is 26.0 Å². The average molecular weight is 466 g/mol. The zero-order valence-corrected chi connectivity index (χ0v) is 19.4. The van der Waals surface area contributed by atoms with Crippen LogP contribution in [-0.2, 0) is 11.2 Å². The van der Waals surface area contributed by atoms with Gasteiger partial charge in [-0.15, -0.1) is 0 Å². The Morgan fingerprint density at radius 1 is 1.06 bits per heavy atom. The third-order valence-electron chi connectivity index (χ3n) is 5.71. The van der Waals surface area contributed by atoms with E-state index in [1.54, 1.807) is 31.4 Å². The minimum atomic E-state index is -0.357. The number of carbonyl (C=O) groups excluding carboxylic acids is 1. The molecular weight excluding hydrogens is 438 g/mol. The molecule has 2 aromatic carbocycles. The molecule has 1 saturated heterocycles. The van der Waals surface area contributed by atoms with Crippen LogP contribution in [0.3, 0.4) is 0 Å². The molecule has 0 saturated carbocycles. The molecule has 1 fully saturated rings. The highest BCUT2D eigenvalue weighted by Gasteiger charge is 2.21. The van der Waals surface area contributed by atoms with Crippen LogP contribution < -0.4 is 10.3 Å². The first-order chi connectivity index (χ1) is 16.1. The number of hydrogen-bond acceptors (Lipinski definition) is 6. The topological polar surface area (TPSA) is 84.7 Å². The van der Waals surface area contributed by atoms with E-state index in [4.69, 9.17) is 4.74 Å². The number of aromatic nitrogens is 2. The van der Waals surface area contributed by atoms with Crippen LogP contribution in [0.2, 0.25) is 0 Å². The lowest BCUT2D eigenvalue weighted by atomic mass is 10.1. The molecule has 2 heterocycles. The van der Waals surface area contributed by atoms with Gasteiger partial charge in [-0.2, -0.15) is 4.98 Å². The van der Waals surface area contributed by atoms with Gasteiger partial charge in [0.2, 0.25) is 11.8 Å². The van der Waals surface area contributed by atoms with Crippen molar-refractivity contribution in [1.29, 1.82) is 0 Å². The van der Waals surface area contributed by atoms with E-state index in [1.165, 1.54) is 16.3 Å². The second-order valence-corrected chi connectivity index (χ2v) is 8.87. The fourth-order valence-electron chi connectivity index (χ4n) is 3.90. The molecule has 0 radical (unpaired) electrons. The molecule has 1 aliphatic rings. The van der Waals surface area contributed by atoms with Crippen molar-refractivity contribution in [2.45, 2.75) is 30.8 Å². The summed E-state index contributed by atoms with van der Waals surface area (Å²) in [5, 5.41) is 10.9. The molecule has 1 N–H and O–H groups in total. The summed E-state index contributed by atoms with van der Waals surface area (Å²) in [7, 11) is 1.58. The number of thioether (sulfide) groups is 1. The minimum Gasteiger partial charge on any atom is -0.497 e. The predicted molar refractivity (Wildman–Crippen MR) is 128 cm³/mol. The second-order valence-electron chi connectivity index (χ2n) is 7.93. The van der Waals surface area contributed by atoms with Gasteiger partial charge in [-0.05, 0) is 49.1 Å². The molecule has 1 aliphatic heterocycles. The number of rotatable bonds is 7. The summed E-state index contributed by atoms with van der Waals surface area (Å²) >= 11 is 1.17. The van der Waals surface area contributed by atoms with Crippen LogP contribution in [-0.4, -0.2) is 51.4 Å². The maximum Gasteiger partial charge on any atom is 0.266 e. The minimum absolute atomic E-state index is 0.0167. The molecule has 172 valence electrons.